The van der Waals surface area contributed by atoms with Gasteiger partial charge in [0.05, 0.1) is 0 Å². The van der Waals surface area contributed by atoms with Crippen molar-refractivity contribution < 1.29 is 0 Å². The van der Waals surface area contributed by atoms with E-state index in [0.717, 1.165) is 16.7 Å². The summed E-state index contributed by atoms with van der Waals surface area (Å²) in [5.41, 5.74) is 9.61. The Morgan fingerprint density at radius 2 is 1.64 bits per heavy atom. The summed E-state index contributed by atoms with van der Waals surface area (Å²) in [5, 5.41) is 0. The van der Waals surface area contributed by atoms with Crippen molar-refractivity contribution in [3.8, 4) is 11.1 Å². The van der Waals surface area contributed by atoms with E-state index in [1.165, 1.54) is 0 Å². The molecule has 0 saturated heterocycles. The van der Waals surface area contributed by atoms with Gasteiger partial charge in [0, 0.05) is 17.3 Å². The number of rotatable bonds is 3. The quantitative estimate of drug-likeness (QED) is 0.456. The second kappa shape index (κ2) is 6.27. The number of nitrogens with zero attached hydrogens (tertiary/aromatic N) is 2. The molecule has 1 aromatic heterocycles. The van der Waals surface area contributed by atoms with Crippen molar-refractivity contribution in [3.05, 3.63) is 78.5 Å². The van der Waals surface area contributed by atoms with Crippen molar-refractivity contribution in [1.82, 2.24) is 4.98 Å². The number of amidine groups is 1. The Hall–Kier alpha value is -2.88. The fraction of sp³-hybridized carbons (Fsp3) is 0. The molecule has 22 heavy (non-hydrogen) atoms. The van der Waals surface area contributed by atoms with Crippen LogP contribution >= 0.6 is 0 Å². The zero-order chi connectivity index (χ0) is 15.4. The molecule has 3 nitrogen and oxygen atoms in total. The topological polar surface area (TPSA) is 51.3 Å². The van der Waals surface area contributed by atoms with Crippen molar-refractivity contribution in [2.45, 2.75) is 0 Å². The van der Waals surface area contributed by atoms with Crippen LogP contribution in [0.2, 0.25) is 0 Å². The van der Waals surface area contributed by atoms with Crippen molar-refractivity contribution in [2.24, 2.45) is 10.7 Å². The molecule has 0 unspecified atom stereocenters. The lowest BCUT2D eigenvalue weighted by molar-refractivity contribution is 1.26. The molecular formula is C18H14BN3. The minimum atomic E-state index is 0.413. The molecule has 0 fully saturated rings. The molecule has 0 atom stereocenters. The van der Waals surface area contributed by atoms with Crippen molar-refractivity contribution in [1.29, 1.82) is 0 Å². The van der Waals surface area contributed by atoms with E-state index in [1.807, 2.05) is 54.6 Å². The Kier molecular flexibility index (Phi) is 4.01. The predicted molar refractivity (Wildman–Crippen MR) is 91.9 cm³/mol. The Bertz CT molecular complexity index is 796. The van der Waals surface area contributed by atoms with Gasteiger partial charge in [-0.1, -0.05) is 60.1 Å². The minimum Gasteiger partial charge on any atom is -0.383 e. The van der Waals surface area contributed by atoms with E-state index < -0.39 is 0 Å². The molecule has 0 amide bonds. The number of aromatic nitrogens is 1. The van der Waals surface area contributed by atoms with Gasteiger partial charge >= 0.3 is 0 Å². The standard InChI is InChI=1S/C18H14BN3/c19-15-10-8-14(9-11-15)17(20)22-18-16(7-4-12-21-18)13-5-2-1-3-6-13/h1-12H,(H2,20,21,22). The van der Waals surface area contributed by atoms with E-state index in [1.54, 1.807) is 18.3 Å². The molecule has 3 rings (SSSR count). The molecule has 3 aromatic rings. The third-order valence-electron chi connectivity index (χ3n) is 3.30. The van der Waals surface area contributed by atoms with Gasteiger partial charge in [0.25, 0.3) is 0 Å². The van der Waals surface area contributed by atoms with Gasteiger partial charge < -0.3 is 5.73 Å². The first-order valence-electron chi connectivity index (χ1n) is 6.94. The zero-order valence-corrected chi connectivity index (χ0v) is 12.0. The van der Waals surface area contributed by atoms with Gasteiger partial charge in [-0.25, -0.2) is 9.98 Å². The third kappa shape index (κ3) is 3.06. The molecule has 0 bridgehead atoms. The van der Waals surface area contributed by atoms with Crippen LogP contribution in [0.25, 0.3) is 11.1 Å². The molecule has 2 N–H and O–H groups in total. The molecule has 2 radical (unpaired) electrons. The number of hydrogen-bond acceptors (Lipinski definition) is 2. The molecule has 0 aliphatic carbocycles. The molecule has 2 aromatic carbocycles. The van der Waals surface area contributed by atoms with Crippen molar-refractivity contribution in [2.75, 3.05) is 0 Å². The second-order valence-corrected chi connectivity index (χ2v) is 4.86. The van der Waals surface area contributed by atoms with E-state index in [2.05, 4.69) is 9.98 Å². The number of pyridine rings is 1. The zero-order valence-electron chi connectivity index (χ0n) is 12.0. The second-order valence-electron chi connectivity index (χ2n) is 4.86. The maximum atomic E-state index is 6.09. The minimum absolute atomic E-state index is 0.413. The number of benzene rings is 2. The predicted octanol–water partition coefficient (Wildman–Crippen LogP) is 2.58. The van der Waals surface area contributed by atoms with E-state index >= 15 is 0 Å². The highest BCUT2D eigenvalue weighted by Gasteiger charge is 2.06. The highest BCUT2D eigenvalue weighted by atomic mass is 15.0. The maximum absolute atomic E-state index is 6.09. The molecule has 0 aliphatic heterocycles. The van der Waals surface area contributed by atoms with Gasteiger partial charge in [-0.3, -0.25) is 0 Å². The van der Waals surface area contributed by atoms with Gasteiger partial charge in [-0.2, -0.15) is 0 Å². The van der Waals surface area contributed by atoms with Gasteiger partial charge in [-0.05, 0) is 17.7 Å². The summed E-state index contributed by atoms with van der Waals surface area (Å²) >= 11 is 0. The van der Waals surface area contributed by atoms with Crippen LogP contribution in [0.3, 0.4) is 0 Å². The van der Waals surface area contributed by atoms with Crippen LogP contribution in [0.5, 0.6) is 0 Å². The van der Waals surface area contributed by atoms with E-state index in [4.69, 9.17) is 13.6 Å². The van der Waals surface area contributed by atoms with Crippen LogP contribution in [0, 0.1) is 0 Å². The third-order valence-corrected chi connectivity index (χ3v) is 3.30. The van der Waals surface area contributed by atoms with E-state index in [-0.39, 0.29) is 0 Å². The van der Waals surface area contributed by atoms with Crippen LogP contribution in [-0.4, -0.2) is 18.7 Å². The van der Waals surface area contributed by atoms with Gasteiger partial charge in [0.15, 0.2) is 5.82 Å². The number of hydrogen-bond donors (Lipinski definition) is 1. The Balaban J connectivity index is 2.02. The first-order valence-corrected chi connectivity index (χ1v) is 6.94. The highest BCUT2D eigenvalue weighted by Crippen LogP contribution is 2.27. The summed E-state index contributed by atoms with van der Waals surface area (Å²) in [6, 6.07) is 21.2. The Labute approximate surface area is 131 Å². The summed E-state index contributed by atoms with van der Waals surface area (Å²) in [4.78, 5) is 8.82. The maximum Gasteiger partial charge on any atom is 0.162 e. The SMILES string of the molecule is [B]c1ccc(C(N)=Nc2ncccc2-c2ccccc2)cc1. The number of nitrogens with two attached hydrogens (primary N) is 1. The molecule has 4 heteroatoms. The van der Waals surface area contributed by atoms with Crippen molar-refractivity contribution >= 4 is 25.0 Å². The molecule has 0 spiro atoms. The summed E-state index contributed by atoms with van der Waals surface area (Å²) in [6.45, 7) is 0. The average molecular weight is 283 g/mol. The lowest BCUT2D eigenvalue weighted by atomic mass is 9.95. The Morgan fingerprint density at radius 1 is 0.909 bits per heavy atom. The van der Waals surface area contributed by atoms with Gasteiger partial charge in [0.1, 0.15) is 13.7 Å². The van der Waals surface area contributed by atoms with Crippen LogP contribution in [0.15, 0.2) is 77.9 Å². The fourth-order valence-electron chi connectivity index (χ4n) is 2.16. The van der Waals surface area contributed by atoms with Crippen molar-refractivity contribution in [3.63, 3.8) is 0 Å². The molecular weight excluding hydrogens is 269 g/mol. The highest BCUT2D eigenvalue weighted by molar-refractivity contribution is 6.32. The van der Waals surface area contributed by atoms with Crippen LogP contribution in [0.4, 0.5) is 5.82 Å². The van der Waals surface area contributed by atoms with Crippen LogP contribution in [0.1, 0.15) is 5.56 Å². The van der Waals surface area contributed by atoms with Crippen LogP contribution < -0.4 is 11.2 Å². The largest absolute Gasteiger partial charge is 0.383 e. The molecule has 0 aliphatic rings. The summed E-state index contributed by atoms with van der Waals surface area (Å²) in [5.74, 6) is 1.01. The molecule has 1 heterocycles. The molecule has 104 valence electrons. The van der Waals surface area contributed by atoms with E-state index in [0.29, 0.717) is 17.1 Å². The molecule has 0 saturated carbocycles. The first kappa shape index (κ1) is 14.1. The van der Waals surface area contributed by atoms with Crippen LogP contribution in [-0.2, 0) is 0 Å². The van der Waals surface area contributed by atoms with Gasteiger partial charge in [0.2, 0.25) is 0 Å². The van der Waals surface area contributed by atoms with E-state index in [9.17, 15) is 0 Å². The first-order chi connectivity index (χ1) is 10.7. The summed E-state index contributed by atoms with van der Waals surface area (Å²) in [7, 11) is 5.69. The lowest BCUT2D eigenvalue weighted by Crippen LogP contribution is -2.14. The van der Waals surface area contributed by atoms with Gasteiger partial charge in [-0.15, -0.1) is 0 Å². The average Bonchev–Trinajstić information content (AvgIpc) is 2.57. The Morgan fingerprint density at radius 3 is 2.36 bits per heavy atom. The fourth-order valence-corrected chi connectivity index (χ4v) is 2.16. The summed E-state index contributed by atoms with van der Waals surface area (Å²) in [6.07, 6.45) is 1.71. The monoisotopic (exact) mass is 283 g/mol. The smallest absolute Gasteiger partial charge is 0.162 e. The number of aliphatic imine (C=N–C) groups is 1. The summed E-state index contributed by atoms with van der Waals surface area (Å²) < 4.78 is 0. The lowest BCUT2D eigenvalue weighted by Gasteiger charge is -2.06. The normalized spacial score (nSPS) is 11.4.